The standard InChI is InChI=1S/C27H29ClN8O2/c1-5-25(37)31-21-12-22(24(38-4)13-23(21)36-11-10-18(16-36)35(2)3)33-27-30-15-19(28)26(34-27)32-20-9-7-6-8-17(20)14-29/h5-9,12-13,15,18H,1,10-11,16H2,2-4H3,(H,31,37)(H2,30,32,33,34). The van der Waals surface area contributed by atoms with Crippen LogP contribution in [0.4, 0.5) is 34.5 Å². The highest BCUT2D eigenvalue weighted by Crippen LogP contribution is 2.40. The SMILES string of the molecule is C=CC(=O)Nc1cc(Nc2ncc(Cl)c(Nc3ccccc3C#N)n2)c(OC)cc1N1CCC(N(C)C)C1. The number of ether oxygens (including phenoxy) is 1. The number of amides is 1. The summed E-state index contributed by atoms with van der Waals surface area (Å²) < 4.78 is 5.69. The molecule has 0 spiro atoms. The van der Waals surface area contributed by atoms with Crippen molar-refractivity contribution in [1.82, 2.24) is 14.9 Å². The molecule has 38 heavy (non-hydrogen) atoms. The maximum atomic E-state index is 12.3. The molecule has 1 aliphatic heterocycles. The first kappa shape index (κ1) is 26.7. The van der Waals surface area contributed by atoms with E-state index >= 15 is 0 Å². The topological polar surface area (TPSA) is 118 Å². The largest absolute Gasteiger partial charge is 0.494 e. The van der Waals surface area contributed by atoms with Crippen LogP contribution in [0.25, 0.3) is 0 Å². The minimum absolute atomic E-state index is 0.243. The minimum Gasteiger partial charge on any atom is -0.494 e. The summed E-state index contributed by atoms with van der Waals surface area (Å²) in [4.78, 5) is 25.5. The van der Waals surface area contributed by atoms with Gasteiger partial charge >= 0.3 is 0 Å². The molecule has 3 N–H and O–H groups in total. The van der Waals surface area contributed by atoms with E-state index in [1.54, 1.807) is 31.4 Å². The number of methoxy groups -OCH3 is 1. The zero-order valence-electron chi connectivity index (χ0n) is 21.5. The van der Waals surface area contributed by atoms with Crippen LogP contribution in [0, 0.1) is 11.3 Å². The molecule has 2 aromatic carbocycles. The average molecular weight is 533 g/mol. The number of halogens is 1. The number of carbonyl (C=O) groups is 1. The van der Waals surface area contributed by atoms with Crippen molar-refractivity contribution in [2.75, 3.05) is 55.1 Å². The zero-order valence-corrected chi connectivity index (χ0v) is 22.2. The van der Waals surface area contributed by atoms with E-state index in [4.69, 9.17) is 16.3 Å². The number of nitrogens with zero attached hydrogens (tertiary/aromatic N) is 5. The van der Waals surface area contributed by atoms with Crippen LogP contribution >= 0.6 is 11.6 Å². The summed E-state index contributed by atoms with van der Waals surface area (Å²) in [7, 11) is 5.71. The number of likely N-dealkylation sites (N-methyl/N-ethyl adjacent to an activating group) is 1. The van der Waals surface area contributed by atoms with Gasteiger partial charge in [0.25, 0.3) is 0 Å². The van der Waals surface area contributed by atoms with E-state index in [9.17, 15) is 10.1 Å². The summed E-state index contributed by atoms with van der Waals surface area (Å²) in [6, 6.07) is 13.3. The highest BCUT2D eigenvalue weighted by atomic mass is 35.5. The number of para-hydroxylation sites is 1. The molecule has 0 bridgehead atoms. The third-order valence-electron chi connectivity index (χ3n) is 6.29. The monoisotopic (exact) mass is 532 g/mol. The maximum Gasteiger partial charge on any atom is 0.247 e. The van der Waals surface area contributed by atoms with E-state index in [-0.39, 0.29) is 16.9 Å². The molecule has 3 aromatic rings. The minimum atomic E-state index is -0.323. The van der Waals surface area contributed by atoms with Gasteiger partial charge < -0.3 is 30.5 Å². The fraction of sp³-hybridized carbons (Fsp3) is 0.259. The third kappa shape index (κ3) is 5.96. The number of nitrogens with one attached hydrogen (secondary N) is 3. The molecule has 2 heterocycles. The molecular formula is C27H29ClN8O2. The van der Waals surface area contributed by atoms with Crippen molar-refractivity contribution in [2.24, 2.45) is 0 Å². The molecule has 11 heteroatoms. The number of anilines is 6. The Bertz CT molecular complexity index is 1390. The maximum absolute atomic E-state index is 12.3. The lowest BCUT2D eigenvalue weighted by molar-refractivity contribution is -0.111. The third-order valence-corrected chi connectivity index (χ3v) is 6.56. The van der Waals surface area contributed by atoms with E-state index in [1.807, 2.05) is 12.1 Å². The van der Waals surface area contributed by atoms with Gasteiger partial charge in [-0.25, -0.2) is 4.98 Å². The quantitative estimate of drug-likeness (QED) is 0.335. The van der Waals surface area contributed by atoms with Crippen LogP contribution in [0.5, 0.6) is 5.75 Å². The molecular weight excluding hydrogens is 504 g/mol. The summed E-state index contributed by atoms with van der Waals surface area (Å²) in [5.41, 5.74) is 3.02. The average Bonchev–Trinajstić information content (AvgIpc) is 3.41. The highest BCUT2D eigenvalue weighted by Gasteiger charge is 2.27. The second kappa shape index (κ2) is 11.8. The summed E-state index contributed by atoms with van der Waals surface area (Å²) >= 11 is 6.34. The number of hydrogen-bond acceptors (Lipinski definition) is 9. The van der Waals surface area contributed by atoms with Crippen molar-refractivity contribution in [3.8, 4) is 11.8 Å². The van der Waals surface area contributed by atoms with E-state index in [2.05, 4.69) is 62.5 Å². The van der Waals surface area contributed by atoms with Crippen LogP contribution in [0.3, 0.4) is 0 Å². The van der Waals surface area contributed by atoms with Gasteiger partial charge in [-0.3, -0.25) is 4.79 Å². The Morgan fingerprint density at radius 1 is 1.26 bits per heavy atom. The zero-order chi connectivity index (χ0) is 27.2. The molecule has 1 fully saturated rings. The molecule has 1 aromatic heterocycles. The van der Waals surface area contributed by atoms with E-state index < -0.39 is 0 Å². The Balaban J connectivity index is 1.67. The Kier molecular flexibility index (Phi) is 8.31. The predicted octanol–water partition coefficient (Wildman–Crippen LogP) is 4.76. The molecule has 0 aliphatic carbocycles. The van der Waals surface area contributed by atoms with E-state index in [0.29, 0.717) is 40.2 Å². The number of hydrogen-bond donors (Lipinski definition) is 3. The van der Waals surface area contributed by atoms with Gasteiger partial charge in [0.1, 0.15) is 16.8 Å². The van der Waals surface area contributed by atoms with Crippen LogP contribution in [0.1, 0.15) is 12.0 Å². The van der Waals surface area contributed by atoms with Gasteiger partial charge in [0.2, 0.25) is 11.9 Å². The Morgan fingerprint density at radius 2 is 2.05 bits per heavy atom. The van der Waals surface area contributed by atoms with E-state index in [1.165, 1.54) is 12.3 Å². The van der Waals surface area contributed by atoms with Gasteiger partial charge in [-0.05, 0) is 44.8 Å². The van der Waals surface area contributed by atoms with Gasteiger partial charge in [0.15, 0.2) is 5.82 Å². The lowest BCUT2D eigenvalue weighted by atomic mass is 10.2. The molecule has 1 aliphatic rings. The summed E-state index contributed by atoms with van der Waals surface area (Å²) in [6.45, 7) is 5.24. The highest BCUT2D eigenvalue weighted by molar-refractivity contribution is 6.33. The summed E-state index contributed by atoms with van der Waals surface area (Å²) in [5, 5.41) is 18.9. The lowest BCUT2D eigenvalue weighted by Gasteiger charge is -2.25. The van der Waals surface area contributed by atoms with Crippen LogP contribution in [-0.4, -0.2) is 61.1 Å². The fourth-order valence-corrected chi connectivity index (χ4v) is 4.35. The Labute approximate surface area is 226 Å². The van der Waals surface area contributed by atoms with Gasteiger partial charge in [0.05, 0.1) is 41.6 Å². The number of rotatable bonds is 9. The first-order valence-corrected chi connectivity index (χ1v) is 12.3. The lowest BCUT2D eigenvalue weighted by Crippen LogP contribution is -2.31. The van der Waals surface area contributed by atoms with Crippen molar-refractivity contribution >= 4 is 52.0 Å². The van der Waals surface area contributed by atoms with Crippen LogP contribution < -0.4 is 25.6 Å². The van der Waals surface area contributed by atoms with E-state index in [0.717, 1.165) is 25.2 Å². The smallest absolute Gasteiger partial charge is 0.247 e. The van der Waals surface area contributed by atoms with Crippen molar-refractivity contribution in [3.63, 3.8) is 0 Å². The summed E-state index contributed by atoms with van der Waals surface area (Å²) in [5.74, 6) is 0.797. The molecule has 0 radical (unpaired) electrons. The molecule has 0 saturated carbocycles. The van der Waals surface area contributed by atoms with Crippen molar-refractivity contribution in [1.29, 1.82) is 5.26 Å². The molecule has 1 saturated heterocycles. The first-order valence-electron chi connectivity index (χ1n) is 12.0. The molecule has 10 nitrogen and oxygen atoms in total. The molecule has 196 valence electrons. The number of nitriles is 1. The van der Waals surface area contributed by atoms with Gasteiger partial charge in [-0.2, -0.15) is 10.2 Å². The molecule has 4 rings (SSSR count). The van der Waals surface area contributed by atoms with Crippen molar-refractivity contribution < 1.29 is 9.53 Å². The van der Waals surface area contributed by atoms with Crippen LogP contribution in [-0.2, 0) is 4.79 Å². The number of benzene rings is 2. The van der Waals surface area contributed by atoms with Crippen molar-refractivity contribution in [2.45, 2.75) is 12.5 Å². The van der Waals surface area contributed by atoms with Crippen LogP contribution in [0.2, 0.25) is 5.02 Å². The predicted molar refractivity (Wildman–Crippen MR) is 151 cm³/mol. The second-order valence-electron chi connectivity index (χ2n) is 8.91. The fourth-order valence-electron chi connectivity index (χ4n) is 4.22. The second-order valence-corrected chi connectivity index (χ2v) is 9.32. The van der Waals surface area contributed by atoms with Crippen molar-refractivity contribution in [3.05, 3.63) is 65.8 Å². The van der Waals surface area contributed by atoms with Crippen LogP contribution in [0.15, 0.2) is 55.3 Å². The number of aromatic nitrogens is 2. The molecule has 1 amide bonds. The van der Waals surface area contributed by atoms with Gasteiger partial charge in [-0.1, -0.05) is 30.3 Å². The Hall–Kier alpha value is -4.33. The molecule has 1 atom stereocenters. The number of carbonyl (C=O) groups excluding carboxylic acids is 1. The van der Waals surface area contributed by atoms with Gasteiger partial charge in [0, 0.05) is 25.2 Å². The molecule has 1 unspecified atom stereocenters. The summed E-state index contributed by atoms with van der Waals surface area (Å²) in [6.07, 6.45) is 3.70. The Morgan fingerprint density at radius 3 is 2.74 bits per heavy atom. The first-order chi connectivity index (χ1) is 18.3. The van der Waals surface area contributed by atoms with Gasteiger partial charge in [-0.15, -0.1) is 0 Å². The normalized spacial score (nSPS) is 14.6.